The fourth-order valence-corrected chi connectivity index (χ4v) is 2.01. The van der Waals surface area contributed by atoms with Gasteiger partial charge in [-0.05, 0) is 36.8 Å². The van der Waals surface area contributed by atoms with Gasteiger partial charge in [-0.3, -0.25) is 4.79 Å². The summed E-state index contributed by atoms with van der Waals surface area (Å²) in [7, 11) is 0. The molecule has 2 aromatic rings. The second-order valence-electron chi connectivity index (χ2n) is 4.95. The predicted octanol–water partition coefficient (Wildman–Crippen LogP) is 2.71. The third-order valence-corrected chi connectivity index (χ3v) is 3.23. The first kappa shape index (κ1) is 15.7. The summed E-state index contributed by atoms with van der Waals surface area (Å²) in [5.41, 5.74) is 1.99. The van der Waals surface area contributed by atoms with Crippen LogP contribution in [0, 0.1) is 24.6 Å². The van der Waals surface area contributed by atoms with E-state index in [9.17, 15) is 19.4 Å². The Labute approximate surface area is 128 Å². The highest BCUT2D eigenvalue weighted by molar-refractivity contribution is 5.77. The molecule has 0 saturated carbocycles. The Morgan fingerprint density at radius 3 is 2.23 bits per heavy atom. The van der Waals surface area contributed by atoms with Crippen molar-refractivity contribution in [2.75, 3.05) is 0 Å². The van der Waals surface area contributed by atoms with Crippen LogP contribution >= 0.6 is 0 Å². The quantitative estimate of drug-likeness (QED) is 0.857. The minimum Gasteiger partial charge on any atom is -0.481 e. The summed E-state index contributed by atoms with van der Waals surface area (Å²) in [6, 6.07) is 12.3. The van der Waals surface area contributed by atoms with E-state index in [0.29, 0.717) is 11.1 Å². The number of benzene rings is 2. The molecule has 0 aromatic heterocycles. The van der Waals surface area contributed by atoms with E-state index in [4.69, 9.17) is 0 Å². The number of hydrogen-bond donors (Lipinski definition) is 2. The zero-order valence-electron chi connectivity index (χ0n) is 12.0. The van der Waals surface area contributed by atoms with Crippen molar-refractivity contribution in [3.8, 4) is 11.8 Å². The molecule has 0 saturated heterocycles. The molecule has 112 valence electrons. The number of carboxylic acid groups (broad SMARTS) is 1. The average Bonchev–Trinajstić information content (AvgIpc) is 2.48. The Morgan fingerprint density at radius 2 is 1.68 bits per heavy atom. The lowest BCUT2D eigenvalue weighted by Gasteiger charge is -2.15. The molecule has 0 radical (unpaired) electrons. The van der Waals surface area contributed by atoms with E-state index >= 15 is 0 Å². The standard InChI is InChI=1S/C18H15FO3/c1-12-2-7-14(8-3-12)17(18(21)22)16(20)11-6-13-4-9-15(19)10-5-13/h2-5,7-10,16-17,20H,1H3,(H,21,22)/t16-,17-/m1/s1. The average molecular weight is 298 g/mol. The van der Waals surface area contributed by atoms with Crippen molar-refractivity contribution in [3.05, 3.63) is 71.0 Å². The van der Waals surface area contributed by atoms with Crippen LogP contribution in [0.1, 0.15) is 22.6 Å². The first-order valence-corrected chi connectivity index (χ1v) is 6.72. The number of halogens is 1. The maximum Gasteiger partial charge on any atom is 0.314 e. The van der Waals surface area contributed by atoms with Crippen molar-refractivity contribution in [2.45, 2.75) is 18.9 Å². The second-order valence-corrected chi connectivity index (χ2v) is 4.95. The van der Waals surface area contributed by atoms with E-state index in [0.717, 1.165) is 5.56 Å². The number of carbonyl (C=O) groups is 1. The van der Waals surface area contributed by atoms with E-state index in [1.54, 1.807) is 24.3 Å². The third kappa shape index (κ3) is 3.94. The normalized spacial score (nSPS) is 12.9. The van der Waals surface area contributed by atoms with E-state index in [2.05, 4.69) is 11.8 Å². The molecule has 2 atom stereocenters. The molecule has 2 rings (SSSR count). The van der Waals surface area contributed by atoms with Gasteiger partial charge in [0, 0.05) is 5.56 Å². The lowest BCUT2D eigenvalue weighted by atomic mass is 9.93. The van der Waals surface area contributed by atoms with Gasteiger partial charge in [-0.2, -0.15) is 0 Å². The summed E-state index contributed by atoms with van der Waals surface area (Å²) in [4.78, 5) is 11.4. The van der Waals surface area contributed by atoms with E-state index < -0.39 is 18.0 Å². The maximum absolute atomic E-state index is 12.8. The van der Waals surface area contributed by atoms with Gasteiger partial charge in [0.25, 0.3) is 0 Å². The number of aliphatic carboxylic acids is 1. The molecule has 0 aliphatic rings. The highest BCUT2D eigenvalue weighted by atomic mass is 19.1. The van der Waals surface area contributed by atoms with Gasteiger partial charge in [0.15, 0.2) is 0 Å². The number of carboxylic acids is 1. The van der Waals surface area contributed by atoms with Gasteiger partial charge in [-0.25, -0.2) is 4.39 Å². The number of hydrogen-bond acceptors (Lipinski definition) is 2. The Hall–Kier alpha value is -2.64. The van der Waals surface area contributed by atoms with Crippen molar-refractivity contribution < 1.29 is 19.4 Å². The van der Waals surface area contributed by atoms with E-state index in [-0.39, 0.29) is 5.82 Å². The summed E-state index contributed by atoms with van der Waals surface area (Å²) in [5, 5.41) is 19.4. The van der Waals surface area contributed by atoms with Crippen LogP contribution in [0.25, 0.3) is 0 Å². The molecular weight excluding hydrogens is 283 g/mol. The molecule has 0 unspecified atom stereocenters. The molecule has 0 aliphatic heterocycles. The van der Waals surface area contributed by atoms with Crippen LogP contribution in [-0.2, 0) is 4.79 Å². The number of aryl methyl sites for hydroxylation is 1. The number of aliphatic hydroxyl groups excluding tert-OH is 1. The first-order valence-electron chi connectivity index (χ1n) is 6.72. The van der Waals surface area contributed by atoms with Gasteiger partial charge in [0.05, 0.1) is 0 Å². The largest absolute Gasteiger partial charge is 0.481 e. The molecule has 0 heterocycles. The topological polar surface area (TPSA) is 57.5 Å². The van der Waals surface area contributed by atoms with Crippen molar-refractivity contribution in [2.24, 2.45) is 0 Å². The van der Waals surface area contributed by atoms with Gasteiger partial charge in [0.2, 0.25) is 0 Å². The van der Waals surface area contributed by atoms with Crippen LogP contribution in [-0.4, -0.2) is 22.3 Å². The summed E-state index contributed by atoms with van der Waals surface area (Å²) < 4.78 is 12.8. The van der Waals surface area contributed by atoms with Crippen LogP contribution in [0.15, 0.2) is 48.5 Å². The lowest BCUT2D eigenvalue weighted by molar-refractivity contribution is -0.140. The monoisotopic (exact) mass is 298 g/mol. The van der Waals surface area contributed by atoms with Crippen LogP contribution in [0.4, 0.5) is 4.39 Å². The first-order chi connectivity index (χ1) is 10.5. The van der Waals surface area contributed by atoms with Crippen molar-refractivity contribution in [1.29, 1.82) is 0 Å². The third-order valence-electron chi connectivity index (χ3n) is 3.23. The molecule has 0 spiro atoms. The zero-order chi connectivity index (χ0) is 16.1. The molecule has 0 aliphatic carbocycles. The van der Waals surface area contributed by atoms with Gasteiger partial charge >= 0.3 is 5.97 Å². The highest BCUT2D eigenvalue weighted by Crippen LogP contribution is 2.20. The smallest absolute Gasteiger partial charge is 0.314 e. The van der Waals surface area contributed by atoms with Gasteiger partial charge in [0.1, 0.15) is 17.8 Å². The van der Waals surface area contributed by atoms with Crippen LogP contribution in [0.2, 0.25) is 0 Å². The minimum atomic E-state index is -1.36. The molecule has 3 nitrogen and oxygen atoms in total. The molecule has 0 fully saturated rings. The molecule has 2 aromatic carbocycles. The molecule has 2 N–H and O–H groups in total. The lowest BCUT2D eigenvalue weighted by Crippen LogP contribution is -2.24. The van der Waals surface area contributed by atoms with Gasteiger partial charge in [-0.1, -0.05) is 41.7 Å². The summed E-state index contributed by atoms with van der Waals surface area (Å²) in [5.74, 6) is 2.51. The molecule has 4 heteroatoms. The maximum atomic E-state index is 12.8. The summed E-state index contributed by atoms with van der Waals surface area (Å²) >= 11 is 0. The van der Waals surface area contributed by atoms with Crippen LogP contribution in [0.3, 0.4) is 0 Å². The second kappa shape index (κ2) is 6.88. The fraction of sp³-hybridized carbons (Fsp3) is 0.167. The number of aliphatic hydroxyl groups is 1. The van der Waals surface area contributed by atoms with E-state index in [1.807, 2.05) is 6.92 Å². The van der Waals surface area contributed by atoms with E-state index in [1.165, 1.54) is 24.3 Å². The van der Waals surface area contributed by atoms with Crippen LogP contribution in [0.5, 0.6) is 0 Å². The Bertz CT molecular complexity index is 709. The molecule has 0 bridgehead atoms. The summed E-state index contributed by atoms with van der Waals surface area (Å²) in [6.07, 6.45) is -1.36. The molecular formula is C18H15FO3. The van der Waals surface area contributed by atoms with Crippen molar-refractivity contribution in [3.63, 3.8) is 0 Å². The van der Waals surface area contributed by atoms with Crippen molar-refractivity contribution in [1.82, 2.24) is 0 Å². The number of rotatable bonds is 3. The Morgan fingerprint density at radius 1 is 1.09 bits per heavy atom. The highest BCUT2D eigenvalue weighted by Gasteiger charge is 2.27. The fourth-order valence-electron chi connectivity index (χ4n) is 2.01. The Kier molecular flexibility index (Phi) is 4.92. The SMILES string of the molecule is Cc1ccc([C@@H](C(=O)O)[C@H](O)C#Cc2ccc(F)cc2)cc1. The molecule has 0 amide bonds. The Balaban J connectivity index is 2.24. The predicted molar refractivity (Wildman–Crippen MR) is 80.8 cm³/mol. The zero-order valence-corrected chi connectivity index (χ0v) is 12.0. The van der Waals surface area contributed by atoms with Crippen LogP contribution < -0.4 is 0 Å². The van der Waals surface area contributed by atoms with Crippen molar-refractivity contribution >= 4 is 5.97 Å². The summed E-state index contributed by atoms with van der Waals surface area (Å²) in [6.45, 7) is 1.89. The minimum absolute atomic E-state index is 0.380. The van der Waals surface area contributed by atoms with Gasteiger partial charge < -0.3 is 10.2 Å². The molecule has 22 heavy (non-hydrogen) atoms. The van der Waals surface area contributed by atoms with Gasteiger partial charge in [-0.15, -0.1) is 0 Å².